The topological polar surface area (TPSA) is 46.2 Å². The van der Waals surface area contributed by atoms with Crippen LogP contribution in [0.5, 0.6) is 0 Å². The van der Waals surface area contributed by atoms with Gasteiger partial charge >= 0.3 is 0 Å². The van der Waals surface area contributed by atoms with Crippen molar-refractivity contribution in [2.75, 3.05) is 5.21 Å². The smallest absolute Gasteiger partial charge is 0.211 e. The zero-order valence-electron chi connectivity index (χ0n) is 8.07. The number of hydrogen-bond donors (Lipinski definition) is 1. The number of rotatable bonds is 4. The maximum Gasteiger partial charge on any atom is 0.226 e. The number of sulfonamides is 1. The Hall–Kier alpha value is -0.290. The molecule has 1 atom stereocenters. The summed E-state index contributed by atoms with van der Waals surface area (Å²) in [5.74, 6) is 0. The Bertz CT molecular complexity index is 433. The Labute approximate surface area is 99.4 Å². The molecule has 0 unspecified atom stereocenters. The van der Waals surface area contributed by atoms with Gasteiger partial charge in [0.2, 0.25) is 10.0 Å². The van der Waals surface area contributed by atoms with E-state index in [2.05, 4.69) is 4.72 Å². The second kappa shape index (κ2) is 5.16. The first-order valence-electron chi connectivity index (χ1n) is 4.26. The van der Waals surface area contributed by atoms with E-state index in [1.165, 1.54) is 0 Å². The predicted octanol–water partition coefficient (Wildman–Crippen LogP) is 2.52. The van der Waals surface area contributed by atoms with Gasteiger partial charge in [-0.15, -0.1) is 11.6 Å². The molecular formula is C9H11Cl2NO2S. The largest absolute Gasteiger partial charge is 0.226 e. The maximum atomic E-state index is 11.2. The van der Waals surface area contributed by atoms with Crippen LogP contribution in [0.2, 0.25) is 5.02 Å². The highest BCUT2D eigenvalue weighted by molar-refractivity contribution is 7.90. The number of halogens is 2. The van der Waals surface area contributed by atoms with Crippen LogP contribution in [-0.2, 0) is 10.0 Å². The molecule has 0 aromatic heterocycles. The Morgan fingerprint density at radius 3 is 2.67 bits per heavy atom. The molecule has 0 radical (unpaired) electrons. The van der Waals surface area contributed by atoms with Crippen LogP contribution in [0.25, 0.3) is 0 Å². The summed E-state index contributed by atoms with van der Waals surface area (Å²) in [5, 5.41) is 0.127. The highest BCUT2D eigenvalue weighted by atomic mass is 35.5. The van der Waals surface area contributed by atoms with Crippen molar-refractivity contribution >= 4 is 33.2 Å². The molecule has 0 aliphatic rings. The summed E-state index contributed by atoms with van der Waals surface area (Å²) in [6, 6.07) is 6.67. The molecule has 3 nitrogen and oxygen atoms in total. The summed E-state index contributed by atoms with van der Waals surface area (Å²) in [6.07, 6.45) is 0. The van der Waals surface area contributed by atoms with Crippen molar-refractivity contribution in [1.82, 2.24) is 4.72 Å². The van der Waals surface area contributed by atoms with Crippen molar-refractivity contribution in [2.24, 2.45) is 0 Å². The minimum Gasteiger partial charge on any atom is -0.211 e. The molecule has 0 fully saturated rings. The summed E-state index contributed by atoms with van der Waals surface area (Å²) in [5.41, 5.74) is 0.802. The van der Waals surface area contributed by atoms with E-state index >= 15 is 0 Å². The van der Waals surface area contributed by atoms with Crippen molar-refractivity contribution in [3.05, 3.63) is 34.9 Å². The van der Waals surface area contributed by atoms with E-state index in [1.807, 2.05) is 0 Å². The first-order valence-corrected chi connectivity index (χ1v) is 6.82. The van der Waals surface area contributed by atoms with Gasteiger partial charge in [0.1, 0.15) is 5.21 Å². The third-order valence-electron chi connectivity index (χ3n) is 1.85. The molecule has 1 aromatic carbocycles. The van der Waals surface area contributed by atoms with Gasteiger partial charge < -0.3 is 0 Å². The Balaban J connectivity index is 2.82. The van der Waals surface area contributed by atoms with Crippen LogP contribution in [0.1, 0.15) is 18.5 Å². The molecule has 0 aliphatic carbocycles. The molecule has 0 spiro atoms. The van der Waals surface area contributed by atoms with Crippen LogP contribution in [-0.4, -0.2) is 13.6 Å². The van der Waals surface area contributed by atoms with E-state index in [-0.39, 0.29) is 6.04 Å². The molecule has 0 amide bonds. The van der Waals surface area contributed by atoms with E-state index in [9.17, 15) is 8.42 Å². The lowest BCUT2D eigenvalue weighted by atomic mass is 10.1. The summed E-state index contributed by atoms with van der Waals surface area (Å²) in [7, 11) is -3.41. The van der Waals surface area contributed by atoms with E-state index in [1.54, 1.807) is 31.2 Å². The fourth-order valence-electron chi connectivity index (χ4n) is 1.14. The lowest BCUT2D eigenvalue weighted by Gasteiger charge is -2.13. The number of nitrogens with one attached hydrogen (secondary N) is 1. The van der Waals surface area contributed by atoms with Crippen LogP contribution in [0.3, 0.4) is 0 Å². The summed E-state index contributed by atoms with van der Waals surface area (Å²) < 4.78 is 24.8. The standard InChI is InChI=1S/C9H11Cl2NO2S/c1-7(12-15(13,14)6-10)8-3-2-4-9(11)5-8/h2-5,7,12H,6H2,1H3/t7-/m0/s1. The van der Waals surface area contributed by atoms with Crippen molar-refractivity contribution in [3.63, 3.8) is 0 Å². The fraction of sp³-hybridized carbons (Fsp3) is 0.333. The normalized spacial score (nSPS) is 13.8. The second-order valence-corrected chi connectivity index (χ2v) is 5.89. The first kappa shape index (κ1) is 12.8. The van der Waals surface area contributed by atoms with E-state index in [0.717, 1.165) is 5.56 Å². The van der Waals surface area contributed by atoms with Gasteiger partial charge in [0.25, 0.3) is 0 Å². The Morgan fingerprint density at radius 2 is 2.13 bits per heavy atom. The summed E-state index contributed by atoms with van der Waals surface area (Å²) in [4.78, 5) is 0. The third-order valence-corrected chi connectivity index (χ3v) is 3.95. The molecule has 1 rings (SSSR count). The molecule has 0 bridgehead atoms. The molecule has 84 valence electrons. The quantitative estimate of drug-likeness (QED) is 0.853. The third kappa shape index (κ3) is 3.99. The number of alkyl halides is 1. The van der Waals surface area contributed by atoms with Crippen LogP contribution in [0.15, 0.2) is 24.3 Å². The minimum absolute atomic E-state index is 0.340. The minimum atomic E-state index is -3.41. The van der Waals surface area contributed by atoms with Gasteiger partial charge in [0, 0.05) is 11.1 Å². The number of hydrogen-bond acceptors (Lipinski definition) is 2. The lowest BCUT2D eigenvalue weighted by molar-refractivity contribution is 0.571. The number of benzene rings is 1. The molecule has 0 aliphatic heterocycles. The lowest BCUT2D eigenvalue weighted by Crippen LogP contribution is -2.27. The van der Waals surface area contributed by atoms with Crippen LogP contribution >= 0.6 is 23.2 Å². The molecule has 6 heteroatoms. The molecule has 15 heavy (non-hydrogen) atoms. The molecule has 1 aromatic rings. The van der Waals surface area contributed by atoms with Gasteiger partial charge in [-0.05, 0) is 24.6 Å². The van der Waals surface area contributed by atoms with Gasteiger partial charge in [0.05, 0.1) is 0 Å². The summed E-state index contributed by atoms with van der Waals surface area (Å²) >= 11 is 11.1. The molecular weight excluding hydrogens is 257 g/mol. The Kier molecular flexibility index (Phi) is 4.40. The van der Waals surface area contributed by atoms with Crippen molar-refractivity contribution in [1.29, 1.82) is 0 Å². The predicted molar refractivity (Wildman–Crippen MR) is 62.6 cm³/mol. The molecule has 0 saturated heterocycles. The van der Waals surface area contributed by atoms with Gasteiger partial charge in [-0.3, -0.25) is 0 Å². The zero-order valence-corrected chi connectivity index (χ0v) is 10.4. The van der Waals surface area contributed by atoms with Gasteiger partial charge in [0.15, 0.2) is 0 Å². The highest BCUT2D eigenvalue weighted by Gasteiger charge is 2.14. The van der Waals surface area contributed by atoms with E-state index in [4.69, 9.17) is 23.2 Å². The van der Waals surface area contributed by atoms with E-state index in [0.29, 0.717) is 5.02 Å². The fourth-order valence-corrected chi connectivity index (χ4v) is 2.27. The highest BCUT2D eigenvalue weighted by Crippen LogP contribution is 2.18. The maximum absolute atomic E-state index is 11.2. The molecule has 1 N–H and O–H groups in total. The zero-order chi connectivity index (χ0) is 11.5. The van der Waals surface area contributed by atoms with E-state index < -0.39 is 15.2 Å². The van der Waals surface area contributed by atoms with Gasteiger partial charge in [-0.1, -0.05) is 23.7 Å². The first-order chi connectivity index (χ1) is 6.94. The van der Waals surface area contributed by atoms with Crippen LogP contribution < -0.4 is 4.72 Å². The van der Waals surface area contributed by atoms with Crippen LogP contribution in [0.4, 0.5) is 0 Å². The average Bonchev–Trinajstić information content (AvgIpc) is 2.17. The molecule has 0 heterocycles. The van der Waals surface area contributed by atoms with Crippen LogP contribution in [0, 0.1) is 0 Å². The van der Waals surface area contributed by atoms with Crippen molar-refractivity contribution in [3.8, 4) is 0 Å². The average molecular weight is 268 g/mol. The summed E-state index contributed by atoms with van der Waals surface area (Å²) in [6.45, 7) is 1.73. The SMILES string of the molecule is C[C@H](NS(=O)(=O)CCl)c1cccc(Cl)c1. The van der Waals surface area contributed by atoms with Gasteiger partial charge in [-0.2, -0.15) is 0 Å². The molecule has 0 saturated carbocycles. The second-order valence-electron chi connectivity index (χ2n) is 3.12. The van der Waals surface area contributed by atoms with Crippen molar-refractivity contribution in [2.45, 2.75) is 13.0 Å². The van der Waals surface area contributed by atoms with Crippen molar-refractivity contribution < 1.29 is 8.42 Å². The van der Waals surface area contributed by atoms with Gasteiger partial charge in [-0.25, -0.2) is 13.1 Å². The monoisotopic (exact) mass is 267 g/mol. The Morgan fingerprint density at radius 1 is 1.47 bits per heavy atom.